The van der Waals surface area contributed by atoms with Gasteiger partial charge in [-0.05, 0) is 44.1 Å². The summed E-state index contributed by atoms with van der Waals surface area (Å²) in [5, 5.41) is 0. The lowest BCUT2D eigenvalue weighted by molar-refractivity contribution is 0.0961. The lowest BCUT2D eigenvalue weighted by Gasteiger charge is -2.33. The number of ether oxygens (including phenoxy) is 2. The maximum atomic E-state index is 6.27. The van der Waals surface area contributed by atoms with Gasteiger partial charge < -0.3 is 9.47 Å². The van der Waals surface area contributed by atoms with Crippen LogP contribution in [0.5, 0.6) is 11.5 Å². The van der Waals surface area contributed by atoms with Crippen LogP contribution < -0.4 is 9.47 Å². The SMILES string of the molecule is CCOc1cccc(CCl)c1OC1CCC(C)C(C)C1. The zero-order chi connectivity index (χ0) is 14.5. The maximum absolute atomic E-state index is 6.27. The average molecular weight is 297 g/mol. The molecule has 20 heavy (non-hydrogen) atoms. The molecule has 0 heterocycles. The molecule has 112 valence electrons. The average Bonchev–Trinajstić information content (AvgIpc) is 2.45. The maximum Gasteiger partial charge on any atom is 0.165 e. The van der Waals surface area contributed by atoms with Gasteiger partial charge in [0.2, 0.25) is 0 Å². The van der Waals surface area contributed by atoms with Gasteiger partial charge in [-0.1, -0.05) is 26.0 Å². The molecule has 0 saturated heterocycles. The Balaban J connectivity index is 2.15. The number of alkyl halides is 1. The summed E-state index contributed by atoms with van der Waals surface area (Å²) in [7, 11) is 0. The van der Waals surface area contributed by atoms with Crippen LogP contribution in [0.1, 0.15) is 45.6 Å². The van der Waals surface area contributed by atoms with Crippen molar-refractivity contribution >= 4 is 11.6 Å². The van der Waals surface area contributed by atoms with Crippen LogP contribution in [0.3, 0.4) is 0 Å². The molecule has 0 amide bonds. The summed E-state index contributed by atoms with van der Waals surface area (Å²) in [6, 6.07) is 5.95. The summed E-state index contributed by atoms with van der Waals surface area (Å²) in [5.74, 6) is 3.62. The Hall–Kier alpha value is -0.890. The van der Waals surface area contributed by atoms with E-state index in [1.165, 1.54) is 6.42 Å². The monoisotopic (exact) mass is 296 g/mol. The van der Waals surface area contributed by atoms with Gasteiger partial charge in [-0.25, -0.2) is 0 Å². The summed E-state index contributed by atoms with van der Waals surface area (Å²) in [4.78, 5) is 0. The summed E-state index contributed by atoms with van der Waals surface area (Å²) in [6.07, 6.45) is 3.75. The van der Waals surface area contributed by atoms with Gasteiger partial charge in [0, 0.05) is 5.56 Å². The predicted molar refractivity (Wildman–Crippen MR) is 83.8 cm³/mol. The van der Waals surface area contributed by atoms with Crippen LogP contribution in [0.2, 0.25) is 0 Å². The van der Waals surface area contributed by atoms with E-state index in [-0.39, 0.29) is 6.10 Å². The van der Waals surface area contributed by atoms with Crippen LogP contribution in [0, 0.1) is 11.8 Å². The van der Waals surface area contributed by atoms with Crippen molar-refractivity contribution in [3.05, 3.63) is 23.8 Å². The number of hydrogen-bond donors (Lipinski definition) is 0. The van der Waals surface area contributed by atoms with Gasteiger partial charge in [0.15, 0.2) is 11.5 Å². The van der Waals surface area contributed by atoms with E-state index in [1.54, 1.807) is 0 Å². The number of rotatable bonds is 5. The minimum absolute atomic E-state index is 0.282. The Morgan fingerprint density at radius 1 is 1.20 bits per heavy atom. The molecule has 1 aliphatic rings. The van der Waals surface area contributed by atoms with Crippen LogP contribution in [-0.4, -0.2) is 12.7 Å². The smallest absolute Gasteiger partial charge is 0.165 e. The van der Waals surface area contributed by atoms with Gasteiger partial charge in [0.25, 0.3) is 0 Å². The van der Waals surface area contributed by atoms with Crippen molar-refractivity contribution < 1.29 is 9.47 Å². The number of halogens is 1. The standard InChI is InChI=1S/C17H25ClO2/c1-4-19-16-7-5-6-14(11-18)17(16)20-15-9-8-12(2)13(3)10-15/h5-7,12-13,15H,4,8-11H2,1-3H3. The molecular formula is C17H25ClO2. The van der Waals surface area contributed by atoms with Crippen molar-refractivity contribution in [2.45, 2.75) is 52.0 Å². The van der Waals surface area contributed by atoms with E-state index >= 15 is 0 Å². The highest BCUT2D eigenvalue weighted by Crippen LogP contribution is 2.37. The Labute approximate surface area is 127 Å². The van der Waals surface area contributed by atoms with Crippen LogP contribution in [-0.2, 0) is 5.88 Å². The second-order valence-corrected chi connectivity index (χ2v) is 6.09. The molecule has 0 aromatic heterocycles. The Morgan fingerprint density at radius 3 is 2.65 bits per heavy atom. The molecule has 3 heteroatoms. The van der Waals surface area contributed by atoms with E-state index in [9.17, 15) is 0 Å². The molecule has 0 bridgehead atoms. The summed E-state index contributed by atoms with van der Waals surface area (Å²) >= 11 is 6.04. The van der Waals surface area contributed by atoms with Crippen molar-refractivity contribution in [2.24, 2.45) is 11.8 Å². The highest BCUT2D eigenvalue weighted by Gasteiger charge is 2.27. The van der Waals surface area contributed by atoms with Crippen LogP contribution in [0.15, 0.2) is 18.2 Å². The van der Waals surface area contributed by atoms with E-state index in [2.05, 4.69) is 13.8 Å². The third-order valence-corrected chi connectivity index (χ3v) is 4.63. The Bertz CT molecular complexity index is 433. The Morgan fingerprint density at radius 2 is 2.00 bits per heavy atom. The van der Waals surface area contributed by atoms with Crippen LogP contribution in [0.4, 0.5) is 0 Å². The van der Waals surface area contributed by atoms with Gasteiger partial charge >= 0.3 is 0 Å². The summed E-state index contributed by atoms with van der Waals surface area (Å²) in [6.45, 7) is 7.28. The molecule has 1 aromatic rings. The van der Waals surface area contributed by atoms with Crippen molar-refractivity contribution in [2.75, 3.05) is 6.61 Å². The number of benzene rings is 1. The van der Waals surface area contributed by atoms with Crippen LogP contribution >= 0.6 is 11.6 Å². The minimum atomic E-state index is 0.282. The number of hydrogen-bond acceptors (Lipinski definition) is 2. The zero-order valence-corrected chi connectivity index (χ0v) is 13.5. The second-order valence-electron chi connectivity index (χ2n) is 5.82. The van der Waals surface area contributed by atoms with E-state index < -0.39 is 0 Å². The fourth-order valence-electron chi connectivity index (χ4n) is 2.84. The molecule has 2 rings (SSSR count). The topological polar surface area (TPSA) is 18.5 Å². The highest BCUT2D eigenvalue weighted by molar-refractivity contribution is 6.17. The van der Waals surface area contributed by atoms with E-state index in [0.29, 0.717) is 18.4 Å². The van der Waals surface area contributed by atoms with Crippen molar-refractivity contribution in [1.82, 2.24) is 0 Å². The summed E-state index contributed by atoms with van der Waals surface area (Å²) < 4.78 is 12.0. The number of para-hydroxylation sites is 1. The van der Waals surface area contributed by atoms with Gasteiger partial charge in [-0.2, -0.15) is 0 Å². The quantitative estimate of drug-likeness (QED) is 0.710. The van der Waals surface area contributed by atoms with Gasteiger partial charge in [0.1, 0.15) is 0 Å². The molecule has 1 fully saturated rings. The zero-order valence-electron chi connectivity index (χ0n) is 12.7. The molecular weight excluding hydrogens is 272 g/mol. The molecule has 0 aliphatic heterocycles. The minimum Gasteiger partial charge on any atom is -0.490 e. The molecule has 0 radical (unpaired) electrons. The summed E-state index contributed by atoms with van der Waals surface area (Å²) in [5.41, 5.74) is 1.02. The second kappa shape index (κ2) is 7.21. The third kappa shape index (κ3) is 3.60. The van der Waals surface area contributed by atoms with Crippen molar-refractivity contribution in [1.29, 1.82) is 0 Å². The van der Waals surface area contributed by atoms with Crippen LogP contribution in [0.25, 0.3) is 0 Å². The Kier molecular flexibility index (Phi) is 5.59. The first-order chi connectivity index (χ1) is 9.65. The molecule has 3 atom stereocenters. The van der Waals surface area contributed by atoms with E-state index in [1.807, 2.05) is 25.1 Å². The van der Waals surface area contributed by atoms with Gasteiger partial charge in [-0.3, -0.25) is 0 Å². The lowest BCUT2D eigenvalue weighted by atomic mass is 9.80. The molecule has 3 unspecified atom stereocenters. The normalized spacial score (nSPS) is 26.3. The fraction of sp³-hybridized carbons (Fsp3) is 0.647. The van der Waals surface area contributed by atoms with Gasteiger partial charge in [-0.15, -0.1) is 11.6 Å². The fourth-order valence-corrected chi connectivity index (χ4v) is 3.05. The first kappa shape index (κ1) is 15.5. The first-order valence-corrected chi connectivity index (χ1v) is 8.16. The molecule has 1 aliphatic carbocycles. The van der Waals surface area contributed by atoms with Crippen molar-refractivity contribution in [3.63, 3.8) is 0 Å². The molecule has 1 saturated carbocycles. The predicted octanol–water partition coefficient (Wildman–Crippen LogP) is 5.03. The largest absolute Gasteiger partial charge is 0.490 e. The molecule has 2 nitrogen and oxygen atoms in total. The molecule has 1 aromatic carbocycles. The molecule has 0 N–H and O–H groups in total. The third-order valence-electron chi connectivity index (χ3n) is 4.34. The highest BCUT2D eigenvalue weighted by atomic mass is 35.5. The molecule has 0 spiro atoms. The van der Waals surface area contributed by atoms with E-state index in [4.69, 9.17) is 21.1 Å². The van der Waals surface area contributed by atoms with Gasteiger partial charge in [0.05, 0.1) is 18.6 Å². The van der Waals surface area contributed by atoms with E-state index in [0.717, 1.165) is 35.8 Å². The van der Waals surface area contributed by atoms with Crippen molar-refractivity contribution in [3.8, 4) is 11.5 Å². The lowest BCUT2D eigenvalue weighted by Crippen LogP contribution is -2.29. The first-order valence-electron chi connectivity index (χ1n) is 7.63.